The van der Waals surface area contributed by atoms with Gasteiger partial charge in [0.2, 0.25) is 0 Å². The first-order valence-corrected chi connectivity index (χ1v) is 7.91. The SMILES string of the molecule is CCCCOc1ccc(/C=C(/C)C(=O)c2ccc(N)cc2)cc1. The van der Waals surface area contributed by atoms with Gasteiger partial charge in [0.05, 0.1) is 6.61 Å². The van der Waals surface area contributed by atoms with Gasteiger partial charge in [-0.15, -0.1) is 0 Å². The van der Waals surface area contributed by atoms with Crippen LogP contribution in [0.1, 0.15) is 42.6 Å². The van der Waals surface area contributed by atoms with E-state index in [1.165, 1.54) is 0 Å². The van der Waals surface area contributed by atoms with Crippen LogP contribution in [0.3, 0.4) is 0 Å². The van der Waals surface area contributed by atoms with Crippen molar-refractivity contribution in [1.29, 1.82) is 0 Å². The Labute approximate surface area is 137 Å². The van der Waals surface area contributed by atoms with Gasteiger partial charge in [0.1, 0.15) is 5.75 Å². The van der Waals surface area contributed by atoms with Crippen molar-refractivity contribution < 1.29 is 9.53 Å². The molecular weight excluding hydrogens is 286 g/mol. The number of benzene rings is 2. The third kappa shape index (κ3) is 4.99. The maximum absolute atomic E-state index is 12.4. The van der Waals surface area contributed by atoms with Gasteiger partial charge in [0.25, 0.3) is 0 Å². The van der Waals surface area contributed by atoms with Gasteiger partial charge in [-0.3, -0.25) is 4.79 Å². The van der Waals surface area contributed by atoms with Crippen molar-refractivity contribution in [3.05, 3.63) is 65.2 Å². The number of nitrogen functional groups attached to an aromatic ring is 1. The number of hydrogen-bond donors (Lipinski definition) is 1. The number of ether oxygens (including phenoxy) is 1. The fourth-order valence-electron chi connectivity index (χ4n) is 2.17. The number of unbranched alkanes of at least 4 members (excludes halogenated alkanes) is 1. The lowest BCUT2D eigenvalue weighted by Gasteiger charge is -2.06. The molecule has 2 N–H and O–H groups in total. The Morgan fingerprint density at radius 3 is 2.35 bits per heavy atom. The maximum atomic E-state index is 12.4. The fraction of sp³-hybridized carbons (Fsp3) is 0.250. The molecule has 23 heavy (non-hydrogen) atoms. The van der Waals surface area contributed by atoms with Crippen molar-refractivity contribution in [3.63, 3.8) is 0 Å². The molecule has 0 saturated carbocycles. The van der Waals surface area contributed by atoms with Crippen LogP contribution in [-0.4, -0.2) is 12.4 Å². The van der Waals surface area contributed by atoms with E-state index in [1.807, 2.05) is 37.3 Å². The molecule has 0 heterocycles. The number of anilines is 1. The Hall–Kier alpha value is -2.55. The zero-order valence-corrected chi connectivity index (χ0v) is 13.7. The minimum absolute atomic E-state index is 0.00766. The number of carbonyl (C=O) groups is 1. The van der Waals surface area contributed by atoms with E-state index in [2.05, 4.69) is 6.92 Å². The highest BCUT2D eigenvalue weighted by atomic mass is 16.5. The smallest absolute Gasteiger partial charge is 0.188 e. The summed E-state index contributed by atoms with van der Waals surface area (Å²) < 4.78 is 5.63. The average molecular weight is 309 g/mol. The number of nitrogens with two attached hydrogens (primary N) is 1. The van der Waals surface area contributed by atoms with Crippen molar-refractivity contribution >= 4 is 17.5 Å². The largest absolute Gasteiger partial charge is 0.494 e. The van der Waals surface area contributed by atoms with Crippen LogP contribution in [0.2, 0.25) is 0 Å². The predicted octanol–water partition coefficient (Wildman–Crippen LogP) is 4.73. The molecule has 0 aliphatic heterocycles. The first-order chi connectivity index (χ1) is 11.1. The molecule has 0 radical (unpaired) electrons. The van der Waals surface area contributed by atoms with E-state index in [9.17, 15) is 4.79 Å². The van der Waals surface area contributed by atoms with E-state index in [-0.39, 0.29) is 5.78 Å². The Bertz CT molecular complexity index is 670. The van der Waals surface area contributed by atoms with Crippen molar-refractivity contribution in [2.75, 3.05) is 12.3 Å². The van der Waals surface area contributed by atoms with Crippen LogP contribution >= 0.6 is 0 Å². The van der Waals surface area contributed by atoms with Crippen LogP contribution in [0.15, 0.2) is 54.1 Å². The third-order valence-electron chi connectivity index (χ3n) is 3.56. The van der Waals surface area contributed by atoms with Gasteiger partial charge in [-0.2, -0.15) is 0 Å². The summed E-state index contributed by atoms with van der Waals surface area (Å²) in [6.45, 7) is 4.70. The normalized spacial score (nSPS) is 11.3. The van der Waals surface area contributed by atoms with Crippen LogP contribution in [0, 0.1) is 0 Å². The van der Waals surface area contributed by atoms with Crippen LogP contribution in [-0.2, 0) is 0 Å². The molecule has 0 fully saturated rings. The number of ketones is 1. The monoisotopic (exact) mass is 309 g/mol. The van der Waals surface area contributed by atoms with E-state index < -0.39 is 0 Å². The summed E-state index contributed by atoms with van der Waals surface area (Å²) in [6.07, 6.45) is 4.05. The number of carbonyl (C=O) groups excluding carboxylic acids is 1. The van der Waals surface area contributed by atoms with Crippen molar-refractivity contribution in [2.45, 2.75) is 26.7 Å². The molecule has 0 aliphatic carbocycles. The summed E-state index contributed by atoms with van der Waals surface area (Å²) in [6, 6.07) is 14.8. The van der Waals surface area contributed by atoms with E-state index in [0.29, 0.717) is 16.8 Å². The van der Waals surface area contributed by atoms with Crippen LogP contribution in [0.4, 0.5) is 5.69 Å². The second-order valence-corrected chi connectivity index (χ2v) is 5.55. The summed E-state index contributed by atoms with van der Waals surface area (Å²) in [5.74, 6) is 0.867. The average Bonchev–Trinajstić information content (AvgIpc) is 2.56. The molecule has 0 spiro atoms. The van der Waals surface area contributed by atoms with Gasteiger partial charge in [-0.1, -0.05) is 25.5 Å². The van der Waals surface area contributed by atoms with Gasteiger partial charge in [0.15, 0.2) is 5.78 Å². The molecule has 120 valence electrons. The van der Waals surface area contributed by atoms with Gasteiger partial charge in [-0.25, -0.2) is 0 Å². The predicted molar refractivity (Wildman–Crippen MR) is 95.7 cm³/mol. The lowest BCUT2D eigenvalue weighted by atomic mass is 10.0. The van der Waals surface area contributed by atoms with Gasteiger partial charge >= 0.3 is 0 Å². The van der Waals surface area contributed by atoms with Crippen molar-refractivity contribution in [2.24, 2.45) is 0 Å². The number of rotatable bonds is 7. The van der Waals surface area contributed by atoms with Crippen LogP contribution < -0.4 is 10.5 Å². The summed E-state index contributed by atoms with van der Waals surface area (Å²) in [5, 5.41) is 0. The molecule has 3 heteroatoms. The number of hydrogen-bond acceptors (Lipinski definition) is 3. The molecule has 0 unspecified atom stereocenters. The van der Waals surface area contributed by atoms with E-state index in [4.69, 9.17) is 10.5 Å². The summed E-state index contributed by atoms with van der Waals surface area (Å²) in [7, 11) is 0. The second-order valence-electron chi connectivity index (χ2n) is 5.55. The third-order valence-corrected chi connectivity index (χ3v) is 3.56. The van der Waals surface area contributed by atoms with Gasteiger partial charge in [-0.05, 0) is 67.0 Å². The Morgan fingerprint density at radius 1 is 1.09 bits per heavy atom. The topological polar surface area (TPSA) is 52.3 Å². The molecule has 2 aromatic carbocycles. The van der Waals surface area contributed by atoms with E-state index in [1.54, 1.807) is 24.3 Å². The number of allylic oxidation sites excluding steroid dienone is 1. The maximum Gasteiger partial charge on any atom is 0.188 e. The fourth-order valence-corrected chi connectivity index (χ4v) is 2.17. The highest BCUT2D eigenvalue weighted by Crippen LogP contribution is 2.17. The molecular formula is C20H23NO2. The minimum atomic E-state index is 0.00766. The van der Waals surface area contributed by atoms with Crippen LogP contribution in [0.25, 0.3) is 6.08 Å². The van der Waals surface area contributed by atoms with E-state index >= 15 is 0 Å². The second kappa shape index (κ2) is 8.18. The summed E-state index contributed by atoms with van der Waals surface area (Å²) in [5.41, 5.74) is 8.62. The highest BCUT2D eigenvalue weighted by molar-refractivity contribution is 6.11. The zero-order chi connectivity index (χ0) is 16.7. The molecule has 0 atom stereocenters. The lowest BCUT2D eigenvalue weighted by molar-refractivity contribution is 0.103. The lowest BCUT2D eigenvalue weighted by Crippen LogP contribution is -2.01. The molecule has 0 aromatic heterocycles. The first-order valence-electron chi connectivity index (χ1n) is 7.91. The number of Topliss-reactive ketones (excluding diaryl/α,β-unsaturated/α-hetero) is 1. The zero-order valence-electron chi connectivity index (χ0n) is 13.7. The standard InChI is InChI=1S/C20H23NO2/c1-3-4-13-23-19-11-5-16(6-12-19)14-15(2)20(22)17-7-9-18(21)10-8-17/h5-12,14H,3-4,13,21H2,1-2H3/b15-14-. The van der Waals surface area contributed by atoms with Gasteiger partial charge < -0.3 is 10.5 Å². The minimum Gasteiger partial charge on any atom is -0.494 e. The Morgan fingerprint density at radius 2 is 1.74 bits per heavy atom. The van der Waals surface area contributed by atoms with Crippen molar-refractivity contribution in [3.8, 4) is 5.75 Å². The molecule has 2 aromatic rings. The van der Waals surface area contributed by atoms with Gasteiger partial charge in [0, 0.05) is 11.3 Å². The van der Waals surface area contributed by atoms with E-state index in [0.717, 1.165) is 30.8 Å². The van der Waals surface area contributed by atoms with Crippen molar-refractivity contribution in [1.82, 2.24) is 0 Å². The summed E-state index contributed by atoms with van der Waals surface area (Å²) >= 11 is 0. The molecule has 2 rings (SSSR count). The molecule has 0 bridgehead atoms. The molecule has 3 nitrogen and oxygen atoms in total. The van der Waals surface area contributed by atoms with Crippen LogP contribution in [0.5, 0.6) is 5.75 Å². The molecule has 0 amide bonds. The molecule has 0 aliphatic rings. The molecule has 0 saturated heterocycles. The Balaban J connectivity index is 2.05. The summed E-state index contributed by atoms with van der Waals surface area (Å²) in [4.78, 5) is 12.4. The Kier molecular flexibility index (Phi) is 5.98. The quantitative estimate of drug-likeness (QED) is 0.348. The highest BCUT2D eigenvalue weighted by Gasteiger charge is 2.07. The first kappa shape index (κ1) is 16.8.